The average Bonchev–Trinajstić information content (AvgIpc) is 3.11. The summed E-state index contributed by atoms with van der Waals surface area (Å²) in [6.07, 6.45) is 33.8. The normalized spacial score (nSPS) is 11.7. The third-order valence-electron chi connectivity index (χ3n) is 11.9. The third-order valence-corrected chi connectivity index (χ3v) is 11.9. The first-order valence-corrected chi connectivity index (χ1v) is 26.4. The fraction of sp³-hybridized carbons (Fsp3) is 0.0645. The van der Waals surface area contributed by atoms with Crippen molar-refractivity contribution in [2.75, 3.05) is 9.80 Å². The monoisotopic (exact) mass is 1230 g/mol. The molecule has 0 spiro atoms. The van der Waals surface area contributed by atoms with Gasteiger partial charge in [0.25, 0.3) is 0 Å². The molecular formula is C62H56B4F16N6. The number of rotatable bonds is 14. The molecule has 458 valence electrons. The number of aryl methyl sites for hydroxylation is 4. The van der Waals surface area contributed by atoms with Crippen molar-refractivity contribution in [1.29, 1.82) is 0 Å². The summed E-state index contributed by atoms with van der Waals surface area (Å²) >= 11 is 0. The number of anilines is 6. The Labute approximate surface area is 499 Å². The van der Waals surface area contributed by atoms with E-state index >= 15 is 0 Å². The Kier molecular flexibility index (Phi) is 25.3. The van der Waals surface area contributed by atoms with Crippen molar-refractivity contribution in [3.8, 4) is 0 Å². The minimum Gasteiger partial charge on any atom is -0.418 e. The van der Waals surface area contributed by atoms with Gasteiger partial charge in [0.15, 0.2) is 49.6 Å². The Morgan fingerprint density at radius 2 is 0.307 bits per heavy atom. The fourth-order valence-corrected chi connectivity index (χ4v) is 7.85. The summed E-state index contributed by atoms with van der Waals surface area (Å²) in [4.78, 5) is 4.65. The van der Waals surface area contributed by atoms with Gasteiger partial charge in [0, 0.05) is 82.7 Å². The van der Waals surface area contributed by atoms with E-state index in [0.29, 0.717) is 0 Å². The second-order valence-corrected chi connectivity index (χ2v) is 19.1. The van der Waals surface area contributed by atoms with Gasteiger partial charge in [-0.3, -0.25) is 0 Å². The van der Waals surface area contributed by atoms with Gasteiger partial charge in [-0.1, -0.05) is 97.1 Å². The molecule has 0 radical (unpaired) electrons. The second kappa shape index (κ2) is 32.2. The highest BCUT2D eigenvalue weighted by Crippen LogP contribution is 2.40. The van der Waals surface area contributed by atoms with Crippen molar-refractivity contribution >= 4 is 112 Å². The zero-order valence-corrected chi connectivity index (χ0v) is 47.4. The number of hydrogen-bond acceptors (Lipinski definition) is 2. The van der Waals surface area contributed by atoms with Crippen LogP contribution >= 0.6 is 0 Å². The van der Waals surface area contributed by atoms with Gasteiger partial charge in [0.05, 0.1) is 0 Å². The number of benzene rings is 5. The summed E-state index contributed by atoms with van der Waals surface area (Å²) in [5.74, 6) is 0. The molecule has 9 aromatic rings. The van der Waals surface area contributed by atoms with Crippen LogP contribution in [0.15, 0.2) is 219 Å². The zero-order valence-electron chi connectivity index (χ0n) is 47.4. The first-order valence-electron chi connectivity index (χ1n) is 26.4. The lowest BCUT2D eigenvalue weighted by atomic mass is 10.1. The molecule has 5 aromatic carbocycles. The van der Waals surface area contributed by atoms with Gasteiger partial charge in [0.2, 0.25) is 0 Å². The molecule has 0 N–H and O–H groups in total. The Morgan fingerprint density at radius 1 is 0.205 bits per heavy atom. The van der Waals surface area contributed by atoms with Gasteiger partial charge < -0.3 is 78.9 Å². The van der Waals surface area contributed by atoms with Crippen molar-refractivity contribution in [3.63, 3.8) is 0 Å². The van der Waals surface area contributed by atoms with Crippen LogP contribution in [0.1, 0.15) is 44.5 Å². The fourth-order valence-electron chi connectivity index (χ4n) is 7.85. The van der Waals surface area contributed by atoms with Crippen LogP contribution in [-0.4, -0.2) is 29.0 Å². The van der Waals surface area contributed by atoms with E-state index in [9.17, 15) is 69.1 Å². The molecule has 0 aliphatic carbocycles. The first-order chi connectivity index (χ1) is 41.3. The summed E-state index contributed by atoms with van der Waals surface area (Å²) in [7, 11) is -15.9. The van der Waals surface area contributed by atoms with Crippen LogP contribution < -0.4 is 28.1 Å². The summed E-state index contributed by atoms with van der Waals surface area (Å²) in [6, 6.07) is 61.0. The van der Waals surface area contributed by atoms with E-state index in [0.717, 1.165) is 78.6 Å². The van der Waals surface area contributed by atoms with Crippen LogP contribution in [-0.2, 0) is 28.2 Å². The lowest BCUT2D eigenvalue weighted by molar-refractivity contribution is -0.671. The van der Waals surface area contributed by atoms with Gasteiger partial charge in [-0.05, 0) is 117 Å². The molecule has 26 heteroatoms. The number of aromatic nitrogens is 4. The van der Waals surface area contributed by atoms with Crippen molar-refractivity contribution in [3.05, 3.63) is 264 Å². The third kappa shape index (κ3) is 28.1. The van der Waals surface area contributed by atoms with Crippen molar-refractivity contribution in [1.82, 2.24) is 0 Å². The van der Waals surface area contributed by atoms with Gasteiger partial charge >= 0.3 is 29.0 Å². The molecule has 88 heavy (non-hydrogen) atoms. The molecule has 4 aromatic heterocycles. The molecule has 0 saturated carbocycles. The van der Waals surface area contributed by atoms with Crippen LogP contribution in [0.4, 0.5) is 103 Å². The second-order valence-electron chi connectivity index (χ2n) is 19.1. The first kappa shape index (κ1) is 69.2. The maximum absolute atomic E-state index is 9.75. The average molecular weight is 1230 g/mol. The van der Waals surface area contributed by atoms with E-state index in [1.54, 1.807) is 0 Å². The van der Waals surface area contributed by atoms with Crippen LogP contribution in [0.5, 0.6) is 0 Å². The molecule has 0 aliphatic heterocycles. The van der Waals surface area contributed by atoms with Crippen LogP contribution in [0.3, 0.4) is 0 Å². The minimum atomic E-state index is -6.00. The highest BCUT2D eigenvalue weighted by Gasteiger charge is 2.23. The molecule has 9 rings (SSSR count). The van der Waals surface area contributed by atoms with Crippen LogP contribution in [0, 0.1) is 0 Å². The van der Waals surface area contributed by atoms with Gasteiger partial charge in [-0.15, -0.1) is 0 Å². The van der Waals surface area contributed by atoms with E-state index in [1.807, 2.05) is 46.5 Å². The van der Waals surface area contributed by atoms with Gasteiger partial charge in [0.1, 0.15) is 28.2 Å². The molecule has 0 bridgehead atoms. The summed E-state index contributed by atoms with van der Waals surface area (Å²) in [5.41, 5.74) is 15.6. The quantitative estimate of drug-likeness (QED) is 0.0615. The molecular weight excluding hydrogens is 1180 g/mol. The topological polar surface area (TPSA) is 22.0 Å². The Balaban J connectivity index is 0.000000612. The van der Waals surface area contributed by atoms with E-state index in [-0.39, 0.29) is 0 Å². The van der Waals surface area contributed by atoms with Gasteiger partial charge in [-0.25, -0.2) is 18.3 Å². The highest BCUT2D eigenvalue weighted by atomic mass is 19.5. The standard InChI is InChI=1S/C62H56N6.4BF4/c1-63-41-33-53(34-42-63)9-5-49-13-21-57(22-14-49)67(58-23-15-50(16-24-58)6-10-54-35-43-64(2)44-36-54)61-29-31-62(32-30-61)68(59-25-17-51(18-26-59)7-11-55-37-45-65(3)46-38-55)60-27-19-52(20-28-60)8-12-56-39-47-66(4)48-40-56;4*2-1(3,4)5/h5-48H,1-4H3;;;;/q+4;4*-1. The predicted octanol–water partition coefficient (Wildman–Crippen LogP) is 17.8. The molecule has 0 fully saturated rings. The van der Waals surface area contributed by atoms with E-state index in [4.69, 9.17) is 0 Å². The minimum absolute atomic E-state index is 1.06. The van der Waals surface area contributed by atoms with E-state index in [2.05, 4.69) is 278 Å². The maximum Gasteiger partial charge on any atom is 0.673 e. The van der Waals surface area contributed by atoms with Crippen molar-refractivity contribution in [2.45, 2.75) is 0 Å². The maximum atomic E-state index is 9.75. The van der Waals surface area contributed by atoms with Crippen LogP contribution in [0.25, 0.3) is 48.6 Å². The number of hydrogen-bond donors (Lipinski definition) is 0. The molecule has 0 aliphatic rings. The highest BCUT2D eigenvalue weighted by molar-refractivity contribution is 6.51. The molecule has 0 atom stereocenters. The van der Waals surface area contributed by atoms with Crippen molar-refractivity contribution in [2.24, 2.45) is 28.2 Å². The summed E-state index contributed by atoms with van der Waals surface area (Å²) in [5, 5.41) is 0. The van der Waals surface area contributed by atoms with E-state index < -0.39 is 29.0 Å². The zero-order chi connectivity index (χ0) is 64.7. The summed E-state index contributed by atoms with van der Waals surface area (Å²) < 4.78 is 164. The lowest BCUT2D eigenvalue weighted by Crippen LogP contribution is -2.25. The molecule has 6 nitrogen and oxygen atoms in total. The Bertz CT molecular complexity index is 3170. The smallest absolute Gasteiger partial charge is 0.418 e. The summed E-state index contributed by atoms with van der Waals surface area (Å²) in [6.45, 7) is 0. The molecule has 0 saturated heterocycles. The Hall–Kier alpha value is -9.60. The van der Waals surface area contributed by atoms with E-state index in [1.165, 1.54) is 0 Å². The van der Waals surface area contributed by atoms with Crippen molar-refractivity contribution < 1.29 is 87.3 Å². The number of nitrogens with zero attached hydrogens (tertiary/aromatic N) is 6. The Morgan fingerprint density at radius 3 is 0.432 bits per heavy atom. The van der Waals surface area contributed by atoms with Gasteiger partial charge in [-0.2, -0.15) is 0 Å². The van der Waals surface area contributed by atoms with Crippen LogP contribution in [0.2, 0.25) is 0 Å². The molecule has 0 amide bonds. The number of pyridine rings is 4. The largest absolute Gasteiger partial charge is 0.673 e. The SMILES string of the molecule is C[n+]1ccc(/C=C/c2ccc(N(c3ccc(/C=C/c4cc[n+](C)cc4)cc3)c3ccc(N(c4ccc(/C=C/c5cc[n+](C)cc5)cc4)c4ccc(/C=C/c5cc[n+](C)cc5)cc4)cc3)cc2)cc1.F[B-](F)(F)F.F[B-](F)(F)F.F[B-](F)(F)F.F[B-](F)(F)F. The lowest BCUT2D eigenvalue weighted by Gasteiger charge is -2.28. The predicted molar refractivity (Wildman–Crippen MR) is 323 cm³/mol. The molecule has 0 unspecified atom stereocenters. The molecule has 4 heterocycles. The number of halogens is 16.